The number of carbonyl (C=O) groups excluding carboxylic acids is 4. The molecule has 3 aromatic rings. The van der Waals surface area contributed by atoms with Crippen molar-refractivity contribution < 1.29 is 72.8 Å². The average molecular weight is 1060 g/mol. The second-order valence-electron chi connectivity index (χ2n) is 17.1. The molecular weight excluding hydrogens is 989 g/mol. The molecule has 0 spiro atoms. The van der Waals surface area contributed by atoms with Crippen molar-refractivity contribution in [2.75, 3.05) is 114 Å². The molecule has 6 atom stereocenters. The van der Waals surface area contributed by atoms with Gasteiger partial charge in [0.25, 0.3) is 22.6 Å². The van der Waals surface area contributed by atoms with E-state index in [-0.39, 0.29) is 81.3 Å². The van der Waals surface area contributed by atoms with Crippen molar-refractivity contribution in [3.8, 4) is 11.1 Å². The highest BCUT2D eigenvalue weighted by Gasteiger charge is 2.55. The summed E-state index contributed by atoms with van der Waals surface area (Å²) in [6.07, 6.45) is -5.69. The molecule has 4 rings (SSSR count). The van der Waals surface area contributed by atoms with Gasteiger partial charge in [0, 0.05) is 70.2 Å². The van der Waals surface area contributed by atoms with E-state index in [0.717, 1.165) is 24.5 Å². The van der Waals surface area contributed by atoms with Gasteiger partial charge in [-0.2, -0.15) is 11.8 Å². The Balaban J connectivity index is 1.03. The number of anilines is 2. The van der Waals surface area contributed by atoms with Gasteiger partial charge in [0.2, 0.25) is 17.7 Å². The maximum atomic E-state index is 12.9. The predicted molar refractivity (Wildman–Crippen MR) is 275 cm³/mol. The van der Waals surface area contributed by atoms with E-state index in [1.54, 1.807) is 24.3 Å². The summed E-state index contributed by atoms with van der Waals surface area (Å²) in [5.41, 5.74) is 1.31. The molecule has 1 aliphatic rings. The Hall–Kier alpha value is -5.54. The van der Waals surface area contributed by atoms with Gasteiger partial charge in [0.15, 0.2) is 0 Å². The summed E-state index contributed by atoms with van der Waals surface area (Å²) in [6.45, 7) is 6.15. The van der Waals surface area contributed by atoms with Crippen molar-refractivity contribution in [1.82, 2.24) is 21.3 Å². The van der Waals surface area contributed by atoms with E-state index in [1.807, 2.05) is 37.3 Å². The molecule has 1 heterocycles. The van der Waals surface area contributed by atoms with Crippen molar-refractivity contribution in [3.63, 3.8) is 0 Å². The standard InChI is InChI=1S/C50H72N6O17S/c1-3-8-39(60)51-16-21-68-25-27-70-23-18-53-42-43(46(64)45(42)63)54-19-24-71-28-26-69-22-17-52-40(61)15-30-74-29-7-20-72-50(49(66)67)31-37(58)41(56-33(2)57)47(73-50)44(62)38(59)32-55-48(65)36-13-11-35(12-14-36)34-9-5-4-6-10-34/h4-6,9-14,37-38,41,44,47,53-54,58-59,62H,3,7-8,15-32H2,1-2H3,(H,51,60)(H,52,61)(H,55,65)(H,56,57)(H,66,67)/t37-,38+,41+,44+,47+,50+/m0/s1. The quantitative estimate of drug-likeness (QED) is 0.0267. The maximum absolute atomic E-state index is 12.9. The zero-order valence-electron chi connectivity index (χ0n) is 41.9. The largest absolute Gasteiger partial charge is 0.477 e. The van der Waals surface area contributed by atoms with Gasteiger partial charge in [-0.05, 0) is 41.9 Å². The third kappa shape index (κ3) is 20.6. The van der Waals surface area contributed by atoms with Gasteiger partial charge >= 0.3 is 5.97 Å². The number of carboxylic acid groups (broad SMARTS) is 1. The van der Waals surface area contributed by atoms with Gasteiger partial charge in [0.1, 0.15) is 23.6 Å². The highest BCUT2D eigenvalue weighted by Crippen LogP contribution is 2.34. The van der Waals surface area contributed by atoms with Crippen LogP contribution in [-0.2, 0) is 47.6 Å². The van der Waals surface area contributed by atoms with Gasteiger partial charge in [-0.1, -0.05) is 49.4 Å². The van der Waals surface area contributed by atoms with Crippen LogP contribution in [0.2, 0.25) is 0 Å². The Kier molecular flexibility index (Phi) is 27.5. The minimum absolute atomic E-state index is 0.00604. The molecule has 0 bridgehead atoms. The van der Waals surface area contributed by atoms with Crippen molar-refractivity contribution >= 4 is 52.7 Å². The van der Waals surface area contributed by atoms with E-state index in [4.69, 9.17) is 28.4 Å². The number of carbonyl (C=O) groups is 5. The minimum atomic E-state index is -2.45. The number of hydrogen-bond acceptors (Lipinski definition) is 19. The SMILES string of the molecule is CCCC(=O)NCCOCCOCCNc1c(NCCOCCOCCNC(=O)CCSCCCO[C@]2(C(=O)O)C[C@H](O)[C@@H](NC(C)=O)[C@H]([C@H](O)[C@H](O)CNC(=O)c3ccc(-c4ccccc4)cc3)O2)c(=O)c1=O. The van der Waals surface area contributed by atoms with E-state index in [1.165, 1.54) is 11.8 Å². The molecule has 0 radical (unpaired) electrons. The van der Waals surface area contributed by atoms with E-state index in [2.05, 4.69) is 31.9 Å². The van der Waals surface area contributed by atoms with Crippen molar-refractivity contribution in [1.29, 1.82) is 0 Å². The van der Waals surface area contributed by atoms with Crippen molar-refractivity contribution in [3.05, 3.63) is 80.6 Å². The number of ether oxygens (including phenoxy) is 6. The first-order valence-electron chi connectivity index (χ1n) is 24.7. The molecule has 23 nitrogen and oxygen atoms in total. The fourth-order valence-electron chi connectivity index (χ4n) is 7.50. The summed E-state index contributed by atoms with van der Waals surface area (Å²) in [6, 6.07) is 14.9. The van der Waals surface area contributed by atoms with Crippen LogP contribution in [0.15, 0.2) is 64.2 Å². The first kappa shape index (κ1) is 61.0. The highest BCUT2D eigenvalue weighted by molar-refractivity contribution is 7.99. The molecule has 0 aromatic heterocycles. The Morgan fingerprint density at radius 2 is 1.26 bits per heavy atom. The second kappa shape index (κ2) is 33.4. The molecule has 0 unspecified atom stereocenters. The number of nitrogens with one attached hydrogen (secondary N) is 6. The summed E-state index contributed by atoms with van der Waals surface area (Å²) in [4.78, 5) is 85.4. The van der Waals surface area contributed by atoms with Crippen LogP contribution >= 0.6 is 11.8 Å². The average Bonchev–Trinajstić information content (AvgIpc) is 3.39. The number of benzene rings is 2. The lowest BCUT2D eigenvalue weighted by atomic mass is 9.88. The number of hydrogen-bond donors (Lipinski definition) is 10. The zero-order chi connectivity index (χ0) is 53.7. The van der Waals surface area contributed by atoms with Gasteiger partial charge in [-0.25, -0.2) is 4.79 Å². The summed E-state index contributed by atoms with van der Waals surface area (Å²) < 4.78 is 33.4. The summed E-state index contributed by atoms with van der Waals surface area (Å²) in [7, 11) is 0. The van der Waals surface area contributed by atoms with Gasteiger partial charge in [-0.15, -0.1) is 0 Å². The highest BCUT2D eigenvalue weighted by atomic mass is 32.2. The maximum Gasteiger partial charge on any atom is 0.364 e. The van der Waals surface area contributed by atoms with Crippen LogP contribution in [-0.4, -0.2) is 190 Å². The van der Waals surface area contributed by atoms with E-state index in [0.29, 0.717) is 63.9 Å². The van der Waals surface area contributed by atoms with Crippen LogP contribution in [0.4, 0.5) is 11.4 Å². The normalized spacial score (nSPS) is 18.3. The molecule has 1 fully saturated rings. The number of carboxylic acids is 1. The molecule has 1 saturated heterocycles. The van der Waals surface area contributed by atoms with Crippen molar-refractivity contribution in [2.45, 2.75) is 82.2 Å². The van der Waals surface area contributed by atoms with Crippen LogP contribution in [0.25, 0.3) is 11.1 Å². The van der Waals surface area contributed by atoms with E-state index >= 15 is 0 Å². The van der Waals surface area contributed by atoms with Gasteiger partial charge in [-0.3, -0.25) is 28.8 Å². The first-order chi connectivity index (χ1) is 35.7. The molecule has 1 aliphatic heterocycles. The third-order valence-electron chi connectivity index (χ3n) is 11.3. The lowest BCUT2D eigenvalue weighted by molar-refractivity contribution is -0.310. The van der Waals surface area contributed by atoms with Gasteiger partial charge in [0.05, 0.1) is 77.7 Å². The lowest BCUT2D eigenvalue weighted by Gasteiger charge is -2.46. The fraction of sp³-hybridized carbons (Fsp3) is 0.580. The Labute approximate surface area is 433 Å². The number of amides is 4. The zero-order valence-corrected chi connectivity index (χ0v) is 42.8. The van der Waals surface area contributed by atoms with Crippen LogP contribution in [0.5, 0.6) is 0 Å². The lowest BCUT2D eigenvalue weighted by Crippen LogP contribution is -2.68. The van der Waals surface area contributed by atoms with Crippen LogP contribution in [0.3, 0.4) is 0 Å². The molecule has 24 heteroatoms. The third-order valence-corrected chi connectivity index (χ3v) is 12.4. The van der Waals surface area contributed by atoms with Crippen LogP contribution in [0.1, 0.15) is 56.3 Å². The Morgan fingerprint density at radius 1 is 0.716 bits per heavy atom. The molecule has 0 saturated carbocycles. The number of rotatable bonds is 38. The van der Waals surface area contributed by atoms with E-state index in [9.17, 15) is 54.0 Å². The number of aliphatic carboxylic acids is 1. The van der Waals surface area contributed by atoms with E-state index < -0.39 is 77.9 Å². The second-order valence-corrected chi connectivity index (χ2v) is 18.3. The number of aliphatic hydroxyl groups is 3. The molecule has 74 heavy (non-hydrogen) atoms. The molecule has 10 N–H and O–H groups in total. The predicted octanol–water partition coefficient (Wildman–Crippen LogP) is -0.0105. The monoisotopic (exact) mass is 1060 g/mol. The van der Waals surface area contributed by atoms with Crippen molar-refractivity contribution in [2.24, 2.45) is 0 Å². The van der Waals surface area contributed by atoms with Gasteiger partial charge < -0.3 is 80.7 Å². The van der Waals surface area contributed by atoms with Crippen LogP contribution < -0.4 is 42.8 Å². The molecule has 3 aromatic carbocycles. The van der Waals surface area contributed by atoms with Crippen LogP contribution in [0, 0.1) is 0 Å². The Bertz CT molecular complexity index is 2250. The molecule has 0 aliphatic carbocycles. The first-order valence-corrected chi connectivity index (χ1v) is 25.9. The Morgan fingerprint density at radius 3 is 1.80 bits per heavy atom. The minimum Gasteiger partial charge on any atom is -0.477 e. The molecule has 4 amide bonds. The number of aliphatic hydroxyl groups excluding tert-OH is 3. The topological polar surface area (TPSA) is 328 Å². The fourth-order valence-corrected chi connectivity index (χ4v) is 8.35. The summed E-state index contributed by atoms with van der Waals surface area (Å²) >= 11 is 1.43. The molecule has 410 valence electrons. The smallest absolute Gasteiger partial charge is 0.364 e. The summed E-state index contributed by atoms with van der Waals surface area (Å²) in [5.74, 6) is -4.50. The summed E-state index contributed by atoms with van der Waals surface area (Å²) in [5, 5.41) is 59.8. The number of thioether (sulfide) groups is 1. The molecular formula is C50H72N6O17S.